The van der Waals surface area contributed by atoms with Gasteiger partial charge in [-0.05, 0) is 81.5 Å². The van der Waals surface area contributed by atoms with Gasteiger partial charge >= 0.3 is 0 Å². The Morgan fingerprint density at radius 1 is 0.619 bits per heavy atom. The summed E-state index contributed by atoms with van der Waals surface area (Å²) in [6, 6.07) is 30.7. The van der Waals surface area contributed by atoms with Crippen molar-refractivity contribution in [2.75, 3.05) is 10.2 Å². The first-order valence-electron chi connectivity index (χ1n) is 14.7. The van der Waals surface area contributed by atoms with E-state index in [2.05, 4.69) is 163 Å². The van der Waals surface area contributed by atoms with Crippen LogP contribution in [-0.2, 0) is 16.2 Å². The Morgan fingerprint density at radius 3 is 1.86 bits per heavy atom. The molecule has 0 unspecified atom stereocenters. The average molecular weight is 595 g/mol. The number of anilines is 5. The summed E-state index contributed by atoms with van der Waals surface area (Å²) in [5.74, 6) is 0. The van der Waals surface area contributed by atoms with Crippen LogP contribution in [0.5, 0.6) is 0 Å². The highest BCUT2D eigenvalue weighted by Gasteiger charge is 2.23. The van der Waals surface area contributed by atoms with Crippen LogP contribution in [0.3, 0.4) is 0 Å². The molecule has 1 aromatic heterocycles. The number of fused-ring (bicyclic) bond motifs is 1. The Hall–Kier alpha value is -3.27. The predicted molar refractivity (Wildman–Crippen MR) is 187 cm³/mol. The molecule has 2 nitrogen and oxygen atoms in total. The number of halogens is 1. The Morgan fingerprint density at radius 2 is 1.21 bits per heavy atom. The molecule has 0 atom stereocenters. The first-order chi connectivity index (χ1) is 19.6. The maximum absolute atomic E-state index is 7.31. The van der Waals surface area contributed by atoms with Crippen molar-refractivity contribution < 1.29 is 0 Å². The summed E-state index contributed by atoms with van der Waals surface area (Å²) >= 11 is 9.08. The van der Waals surface area contributed by atoms with Gasteiger partial charge in [-0.1, -0.05) is 110 Å². The van der Waals surface area contributed by atoms with E-state index in [1.54, 1.807) is 11.3 Å². The average Bonchev–Trinajstić information content (AvgIpc) is 3.33. The predicted octanol–water partition coefficient (Wildman–Crippen LogP) is 12.7. The monoisotopic (exact) mass is 594 g/mol. The standard InChI is InChI=1S/C38H43ClN2S/c1-36(2,3)25-16-19-29(20-17-25)41(33-24-42-34-21-18-27(23-30(33)34)38(7,8)9)32-15-11-14-31(35(32)39)40-28-13-10-12-26(22-28)37(4,5)6/h10-24,40H,1-9H3. The van der Waals surface area contributed by atoms with Crippen LogP contribution < -0.4 is 10.2 Å². The van der Waals surface area contributed by atoms with Crippen LogP contribution in [0.4, 0.5) is 28.4 Å². The molecular weight excluding hydrogens is 552 g/mol. The number of hydrogen-bond acceptors (Lipinski definition) is 3. The lowest BCUT2D eigenvalue weighted by Crippen LogP contribution is -2.14. The molecule has 0 aliphatic rings. The summed E-state index contributed by atoms with van der Waals surface area (Å²) in [6.07, 6.45) is 0. The van der Waals surface area contributed by atoms with Gasteiger partial charge < -0.3 is 10.2 Å². The quantitative estimate of drug-likeness (QED) is 0.218. The van der Waals surface area contributed by atoms with Crippen molar-refractivity contribution in [2.45, 2.75) is 78.6 Å². The first kappa shape index (κ1) is 30.2. The Balaban J connectivity index is 1.66. The highest BCUT2D eigenvalue weighted by Crippen LogP contribution is 2.47. The number of nitrogens with one attached hydrogen (secondary N) is 1. The lowest BCUT2D eigenvalue weighted by molar-refractivity contribution is 0.590. The van der Waals surface area contributed by atoms with Crippen LogP contribution in [0.15, 0.2) is 90.3 Å². The molecular formula is C38H43ClN2S. The molecule has 4 heteroatoms. The van der Waals surface area contributed by atoms with Crippen molar-refractivity contribution >= 4 is 61.5 Å². The molecule has 0 spiro atoms. The fourth-order valence-corrected chi connectivity index (χ4v) is 6.35. The molecule has 42 heavy (non-hydrogen) atoms. The van der Waals surface area contributed by atoms with Gasteiger partial charge in [0.15, 0.2) is 0 Å². The molecule has 5 rings (SSSR count). The minimum atomic E-state index is 0.0512. The number of benzene rings is 4. The van der Waals surface area contributed by atoms with E-state index in [9.17, 15) is 0 Å². The zero-order valence-corrected chi connectivity index (χ0v) is 28.0. The highest BCUT2D eigenvalue weighted by molar-refractivity contribution is 7.17. The van der Waals surface area contributed by atoms with E-state index in [1.807, 2.05) is 0 Å². The molecule has 4 aromatic carbocycles. The lowest BCUT2D eigenvalue weighted by atomic mass is 9.86. The van der Waals surface area contributed by atoms with Crippen LogP contribution in [0, 0.1) is 0 Å². The van der Waals surface area contributed by atoms with E-state index < -0.39 is 0 Å². The van der Waals surface area contributed by atoms with E-state index in [-0.39, 0.29) is 16.2 Å². The van der Waals surface area contributed by atoms with E-state index in [4.69, 9.17) is 11.6 Å². The third-order valence-corrected chi connectivity index (χ3v) is 9.23. The van der Waals surface area contributed by atoms with Gasteiger partial charge in [0.2, 0.25) is 0 Å². The second-order valence-corrected chi connectivity index (χ2v) is 15.6. The van der Waals surface area contributed by atoms with Crippen LogP contribution >= 0.6 is 22.9 Å². The van der Waals surface area contributed by atoms with Crippen LogP contribution in [0.1, 0.15) is 79.0 Å². The Labute approximate surface area is 261 Å². The number of nitrogens with zero attached hydrogens (tertiary/aromatic N) is 1. The van der Waals surface area contributed by atoms with Gasteiger partial charge in [-0.25, -0.2) is 0 Å². The van der Waals surface area contributed by atoms with E-state index in [0.29, 0.717) is 5.02 Å². The molecule has 1 heterocycles. The van der Waals surface area contributed by atoms with Crippen molar-refractivity contribution in [2.24, 2.45) is 0 Å². The summed E-state index contributed by atoms with van der Waals surface area (Å²) in [5, 5.41) is 7.80. The van der Waals surface area contributed by atoms with Crippen molar-refractivity contribution in [3.63, 3.8) is 0 Å². The van der Waals surface area contributed by atoms with Gasteiger partial charge in [-0.3, -0.25) is 0 Å². The van der Waals surface area contributed by atoms with Crippen molar-refractivity contribution in [1.29, 1.82) is 0 Å². The molecule has 218 valence electrons. The lowest BCUT2D eigenvalue weighted by Gasteiger charge is -2.28. The maximum Gasteiger partial charge on any atom is 0.0881 e. The van der Waals surface area contributed by atoms with Gasteiger partial charge in [-0.2, -0.15) is 0 Å². The third-order valence-electron chi connectivity index (χ3n) is 7.88. The van der Waals surface area contributed by atoms with Crippen LogP contribution in [0.2, 0.25) is 5.02 Å². The molecule has 0 saturated carbocycles. The first-order valence-corrected chi connectivity index (χ1v) is 16.0. The summed E-state index contributed by atoms with van der Waals surface area (Å²) in [5.41, 5.74) is 9.15. The Kier molecular flexibility index (Phi) is 7.98. The topological polar surface area (TPSA) is 15.3 Å². The molecule has 0 aliphatic carbocycles. The fraction of sp³-hybridized carbons (Fsp3) is 0.316. The minimum Gasteiger partial charge on any atom is -0.354 e. The van der Waals surface area contributed by atoms with Crippen molar-refractivity contribution in [3.8, 4) is 0 Å². The molecule has 0 bridgehead atoms. The molecule has 0 radical (unpaired) electrons. The minimum absolute atomic E-state index is 0.0512. The highest BCUT2D eigenvalue weighted by atomic mass is 35.5. The Bertz CT molecular complexity index is 1710. The summed E-state index contributed by atoms with van der Waals surface area (Å²) in [4.78, 5) is 2.32. The van der Waals surface area contributed by atoms with Crippen molar-refractivity contribution in [3.05, 3.63) is 112 Å². The molecule has 5 aromatic rings. The largest absolute Gasteiger partial charge is 0.354 e. The van der Waals surface area contributed by atoms with Gasteiger partial charge in [0, 0.05) is 26.8 Å². The second kappa shape index (κ2) is 11.1. The summed E-state index contributed by atoms with van der Waals surface area (Å²) in [6.45, 7) is 20.3. The van der Waals surface area contributed by atoms with Crippen LogP contribution in [0.25, 0.3) is 10.1 Å². The zero-order valence-electron chi connectivity index (χ0n) is 26.4. The zero-order chi connectivity index (χ0) is 30.4. The summed E-state index contributed by atoms with van der Waals surface area (Å²) in [7, 11) is 0. The van der Waals surface area contributed by atoms with Crippen molar-refractivity contribution in [1.82, 2.24) is 0 Å². The number of hydrogen-bond donors (Lipinski definition) is 1. The van der Waals surface area contributed by atoms with E-state index in [0.717, 1.165) is 28.4 Å². The normalized spacial score (nSPS) is 12.5. The second-order valence-electron chi connectivity index (χ2n) is 14.3. The molecule has 0 aliphatic heterocycles. The fourth-order valence-electron chi connectivity index (χ4n) is 5.18. The third kappa shape index (κ3) is 6.23. The molecule has 0 saturated heterocycles. The van der Waals surface area contributed by atoms with Gasteiger partial charge in [0.1, 0.15) is 0 Å². The molecule has 0 fully saturated rings. The SMILES string of the molecule is CC(C)(C)c1ccc(N(c2cccc(Nc3cccc(C(C)(C)C)c3)c2Cl)c2csc3ccc(C(C)(C)C)cc23)cc1. The van der Waals surface area contributed by atoms with Gasteiger partial charge in [0.25, 0.3) is 0 Å². The summed E-state index contributed by atoms with van der Waals surface area (Å²) < 4.78 is 1.26. The maximum atomic E-state index is 7.31. The van der Waals surface area contributed by atoms with Gasteiger partial charge in [-0.15, -0.1) is 11.3 Å². The number of thiophene rings is 1. The van der Waals surface area contributed by atoms with Gasteiger partial charge in [0.05, 0.1) is 22.1 Å². The number of rotatable bonds is 5. The van der Waals surface area contributed by atoms with Crippen LogP contribution in [-0.4, -0.2) is 0 Å². The van der Waals surface area contributed by atoms with E-state index >= 15 is 0 Å². The smallest absolute Gasteiger partial charge is 0.0881 e. The molecule has 0 amide bonds. The van der Waals surface area contributed by atoms with E-state index in [1.165, 1.54) is 26.8 Å². The molecule has 1 N–H and O–H groups in total.